The van der Waals surface area contributed by atoms with Gasteiger partial charge in [-0.1, -0.05) is 65.8 Å². The molecule has 0 bridgehead atoms. The Kier molecular flexibility index (Phi) is 4.26. The normalized spacial score (nSPS) is 16.2. The van der Waals surface area contributed by atoms with E-state index < -0.39 is 6.10 Å². The smallest absolute Gasteiger partial charge is 0.270 e. The Balaban J connectivity index is 1.40. The molecule has 1 aliphatic rings. The molecule has 0 aliphatic carbocycles. The number of nitrogens with zero attached hydrogens (tertiary/aromatic N) is 2. The number of carbonyl (C=O) groups excluding carboxylic acids is 1. The van der Waals surface area contributed by atoms with E-state index in [1.165, 1.54) is 11.3 Å². The molecule has 2 heterocycles. The lowest BCUT2D eigenvalue weighted by atomic mass is 10.1. The highest BCUT2D eigenvalue weighted by atomic mass is 32.1. The second-order valence-electron chi connectivity index (χ2n) is 5.60. The minimum absolute atomic E-state index is 0.233. The SMILES string of the molecule is O=C(Nc1nc(-c2ccccc2)cs1)[C@H]1CC(c2ccccc2)=NO1. The number of hydrogen-bond donors (Lipinski definition) is 1. The zero-order chi connectivity index (χ0) is 17.1. The maximum absolute atomic E-state index is 12.4. The molecule has 1 N–H and O–H groups in total. The van der Waals surface area contributed by atoms with Crippen LogP contribution in [0.4, 0.5) is 5.13 Å². The number of anilines is 1. The summed E-state index contributed by atoms with van der Waals surface area (Å²) in [7, 11) is 0. The van der Waals surface area contributed by atoms with Gasteiger partial charge in [-0.05, 0) is 5.56 Å². The Bertz CT molecular complexity index is 907. The predicted octanol–water partition coefficient (Wildman–Crippen LogP) is 3.94. The van der Waals surface area contributed by atoms with Crippen molar-refractivity contribution in [3.8, 4) is 11.3 Å². The predicted molar refractivity (Wildman–Crippen MR) is 98.6 cm³/mol. The van der Waals surface area contributed by atoms with Gasteiger partial charge in [0.05, 0.1) is 11.4 Å². The molecule has 0 radical (unpaired) electrons. The third-order valence-corrected chi connectivity index (χ3v) is 4.63. The summed E-state index contributed by atoms with van der Waals surface area (Å²) in [5, 5.41) is 9.34. The molecule has 0 fully saturated rings. The maximum atomic E-state index is 12.4. The van der Waals surface area contributed by atoms with Gasteiger partial charge in [0.2, 0.25) is 6.10 Å². The standard InChI is InChI=1S/C19H15N3O2S/c23-18(17-11-15(22-24-17)13-7-3-1-4-8-13)21-19-20-16(12-25-19)14-9-5-2-6-10-14/h1-10,12,17H,11H2,(H,20,21,23)/t17-/m1/s1. The summed E-state index contributed by atoms with van der Waals surface area (Å²) in [6.07, 6.45) is -0.175. The van der Waals surface area contributed by atoms with Crippen molar-refractivity contribution in [2.24, 2.45) is 5.16 Å². The summed E-state index contributed by atoms with van der Waals surface area (Å²) < 4.78 is 0. The average Bonchev–Trinajstić information content (AvgIpc) is 3.33. The number of amides is 1. The molecule has 6 heteroatoms. The zero-order valence-electron chi connectivity index (χ0n) is 13.3. The lowest BCUT2D eigenvalue weighted by Gasteiger charge is -2.07. The molecule has 0 saturated carbocycles. The fraction of sp³-hybridized carbons (Fsp3) is 0.105. The molecule has 0 saturated heterocycles. The highest BCUT2D eigenvalue weighted by Gasteiger charge is 2.29. The molecule has 124 valence electrons. The summed E-state index contributed by atoms with van der Waals surface area (Å²) in [6, 6.07) is 19.6. The monoisotopic (exact) mass is 349 g/mol. The fourth-order valence-corrected chi connectivity index (χ4v) is 3.30. The molecular formula is C19H15N3O2S. The van der Waals surface area contributed by atoms with E-state index in [-0.39, 0.29) is 5.91 Å². The molecule has 5 nitrogen and oxygen atoms in total. The van der Waals surface area contributed by atoms with Crippen molar-refractivity contribution in [3.05, 3.63) is 71.6 Å². The summed E-state index contributed by atoms with van der Waals surface area (Å²) in [5.41, 5.74) is 3.61. The summed E-state index contributed by atoms with van der Waals surface area (Å²) in [4.78, 5) is 22.2. The van der Waals surface area contributed by atoms with Crippen LogP contribution < -0.4 is 5.32 Å². The topological polar surface area (TPSA) is 63.6 Å². The van der Waals surface area contributed by atoms with Crippen LogP contribution in [0.2, 0.25) is 0 Å². The molecule has 1 atom stereocenters. The third kappa shape index (κ3) is 3.44. The summed E-state index contributed by atoms with van der Waals surface area (Å²) >= 11 is 1.39. The zero-order valence-corrected chi connectivity index (χ0v) is 14.1. The van der Waals surface area contributed by atoms with Crippen molar-refractivity contribution in [2.75, 3.05) is 5.32 Å². The van der Waals surface area contributed by atoms with Gasteiger partial charge in [-0.15, -0.1) is 11.3 Å². The van der Waals surface area contributed by atoms with Gasteiger partial charge in [0.1, 0.15) is 0 Å². The van der Waals surface area contributed by atoms with Crippen LogP contribution in [0, 0.1) is 0 Å². The van der Waals surface area contributed by atoms with E-state index in [0.29, 0.717) is 11.6 Å². The summed E-state index contributed by atoms with van der Waals surface area (Å²) in [6.45, 7) is 0. The Hall–Kier alpha value is -2.99. The number of thiazole rings is 1. The molecule has 0 spiro atoms. The molecule has 2 aromatic carbocycles. The number of oxime groups is 1. The van der Waals surface area contributed by atoms with Gasteiger partial charge in [-0.3, -0.25) is 10.1 Å². The van der Waals surface area contributed by atoms with Crippen LogP contribution in [-0.4, -0.2) is 22.7 Å². The molecule has 4 rings (SSSR count). The Labute approximate surface area is 149 Å². The van der Waals surface area contributed by atoms with Crippen LogP contribution in [0.15, 0.2) is 71.2 Å². The van der Waals surface area contributed by atoms with Crippen LogP contribution in [0.3, 0.4) is 0 Å². The number of hydrogen-bond acceptors (Lipinski definition) is 5. The Morgan fingerprint density at radius 3 is 2.44 bits per heavy atom. The van der Waals surface area contributed by atoms with Gasteiger partial charge in [-0.2, -0.15) is 0 Å². The van der Waals surface area contributed by atoms with E-state index in [1.807, 2.05) is 66.0 Å². The molecule has 1 amide bonds. The van der Waals surface area contributed by atoms with Gasteiger partial charge in [0.15, 0.2) is 5.13 Å². The van der Waals surface area contributed by atoms with E-state index in [2.05, 4.69) is 15.5 Å². The van der Waals surface area contributed by atoms with Gasteiger partial charge in [0.25, 0.3) is 5.91 Å². The van der Waals surface area contributed by atoms with E-state index in [1.54, 1.807) is 0 Å². The minimum Gasteiger partial charge on any atom is -0.382 e. The van der Waals surface area contributed by atoms with Crippen molar-refractivity contribution >= 4 is 28.1 Å². The van der Waals surface area contributed by atoms with E-state index in [4.69, 9.17) is 4.84 Å². The van der Waals surface area contributed by atoms with Crippen molar-refractivity contribution in [3.63, 3.8) is 0 Å². The molecule has 25 heavy (non-hydrogen) atoms. The van der Waals surface area contributed by atoms with Gasteiger partial charge in [-0.25, -0.2) is 4.98 Å². The first-order chi connectivity index (χ1) is 12.3. The first kappa shape index (κ1) is 15.5. The molecular weight excluding hydrogens is 334 g/mol. The minimum atomic E-state index is -0.626. The molecule has 3 aromatic rings. The number of aromatic nitrogens is 1. The highest BCUT2D eigenvalue weighted by molar-refractivity contribution is 7.14. The maximum Gasteiger partial charge on any atom is 0.270 e. The van der Waals surface area contributed by atoms with E-state index in [0.717, 1.165) is 22.5 Å². The van der Waals surface area contributed by atoms with Crippen LogP contribution in [0.5, 0.6) is 0 Å². The van der Waals surface area contributed by atoms with Crippen LogP contribution in [0.25, 0.3) is 11.3 Å². The van der Waals surface area contributed by atoms with Gasteiger partial charge in [0, 0.05) is 17.4 Å². The third-order valence-electron chi connectivity index (χ3n) is 3.87. The van der Waals surface area contributed by atoms with E-state index in [9.17, 15) is 4.79 Å². The number of benzene rings is 2. The van der Waals surface area contributed by atoms with Crippen molar-refractivity contribution in [1.82, 2.24) is 4.98 Å². The Morgan fingerprint density at radius 1 is 1.04 bits per heavy atom. The number of carbonyl (C=O) groups is 1. The lowest BCUT2D eigenvalue weighted by Crippen LogP contribution is -2.27. The number of nitrogens with one attached hydrogen (secondary N) is 1. The fourth-order valence-electron chi connectivity index (χ4n) is 2.58. The molecule has 0 unspecified atom stereocenters. The van der Waals surface area contributed by atoms with Crippen LogP contribution in [-0.2, 0) is 9.63 Å². The van der Waals surface area contributed by atoms with E-state index >= 15 is 0 Å². The second kappa shape index (κ2) is 6.86. The highest BCUT2D eigenvalue weighted by Crippen LogP contribution is 2.25. The molecule has 1 aliphatic heterocycles. The van der Waals surface area contributed by atoms with Crippen LogP contribution >= 0.6 is 11.3 Å². The largest absolute Gasteiger partial charge is 0.382 e. The van der Waals surface area contributed by atoms with Crippen LogP contribution in [0.1, 0.15) is 12.0 Å². The summed E-state index contributed by atoms with van der Waals surface area (Å²) in [5.74, 6) is -0.233. The second-order valence-corrected chi connectivity index (χ2v) is 6.45. The van der Waals surface area contributed by atoms with Gasteiger partial charge < -0.3 is 4.84 Å². The first-order valence-corrected chi connectivity index (χ1v) is 8.77. The quantitative estimate of drug-likeness (QED) is 0.776. The van der Waals surface area contributed by atoms with Crippen molar-refractivity contribution < 1.29 is 9.63 Å². The number of rotatable bonds is 4. The first-order valence-electron chi connectivity index (χ1n) is 7.89. The lowest BCUT2D eigenvalue weighted by molar-refractivity contribution is -0.125. The van der Waals surface area contributed by atoms with Crippen molar-refractivity contribution in [1.29, 1.82) is 0 Å². The Morgan fingerprint density at radius 2 is 1.72 bits per heavy atom. The van der Waals surface area contributed by atoms with Gasteiger partial charge >= 0.3 is 0 Å². The average molecular weight is 349 g/mol. The molecule has 1 aromatic heterocycles. The van der Waals surface area contributed by atoms with Crippen molar-refractivity contribution in [2.45, 2.75) is 12.5 Å².